The SMILES string of the molecule is CC(NC(=O)C(N)C(C)C)C(=O)NCCCN(C(=O)CO)C(c1cc(-c2cc(F)ccc2F)cn1Cc1ccccc1)C(C)(C)C. The van der Waals surface area contributed by atoms with Gasteiger partial charge in [0.15, 0.2) is 0 Å². The molecule has 0 fully saturated rings. The minimum Gasteiger partial charge on any atom is -0.387 e. The topological polar surface area (TPSA) is 130 Å². The number of nitrogens with one attached hydrogen (secondary N) is 2. The van der Waals surface area contributed by atoms with Gasteiger partial charge in [-0.25, -0.2) is 8.78 Å². The predicted molar refractivity (Wildman–Crippen MR) is 174 cm³/mol. The third-order valence-corrected chi connectivity index (χ3v) is 7.88. The fourth-order valence-electron chi connectivity index (χ4n) is 5.39. The van der Waals surface area contributed by atoms with Gasteiger partial charge in [0, 0.05) is 42.7 Å². The van der Waals surface area contributed by atoms with Gasteiger partial charge in [-0.3, -0.25) is 14.4 Å². The Bertz CT molecular complexity index is 1490. The van der Waals surface area contributed by atoms with Crippen LogP contribution >= 0.6 is 0 Å². The third kappa shape index (κ3) is 9.46. The minimum atomic E-state index is -0.808. The molecular formula is C35H47F2N5O4. The number of aliphatic hydroxyl groups excluding tert-OH is 1. The fraction of sp³-hybridized carbons (Fsp3) is 0.457. The van der Waals surface area contributed by atoms with Gasteiger partial charge in [0.2, 0.25) is 17.7 Å². The highest BCUT2D eigenvalue weighted by atomic mass is 19.1. The van der Waals surface area contributed by atoms with E-state index in [0.717, 1.165) is 23.8 Å². The van der Waals surface area contributed by atoms with Crippen LogP contribution in [0.3, 0.4) is 0 Å². The lowest BCUT2D eigenvalue weighted by molar-refractivity contribution is -0.139. The maximum Gasteiger partial charge on any atom is 0.248 e. The predicted octanol–water partition coefficient (Wildman–Crippen LogP) is 4.38. The first-order chi connectivity index (χ1) is 21.6. The molecule has 0 aliphatic carbocycles. The first kappa shape index (κ1) is 36.4. The van der Waals surface area contributed by atoms with Crippen LogP contribution in [0.4, 0.5) is 8.78 Å². The van der Waals surface area contributed by atoms with Crippen LogP contribution in [0, 0.1) is 23.0 Å². The number of aromatic nitrogens is 1. The molecule has 46 heavy (non-hydrogen) atoms. The molecule has 2 aromatic carbocycles. The highest BCUT2D eigenvalue weighted by Gasteiger charge is 2.37. The van der Waals surface area contributed by atoms with Gasteiger partial charge >= 0.3 is 0 Å². The molecule has 0 radical (unpaired) electrons. The van der Waals surface area contributed by atoms with Crippen molar-refractivity contribution in [2.75, 3.05) is 19.7 Å². The van der Waals surface area contributed by atoms with Crippen molar-refractivity contribution < 1.29 is 28.3 Å². The number of rotatable bonds is 14. The van der Waals surface area contributed by atoms with Crippen molar-refractivity contribution in [1.82, 2.24) is 20.1 Å². The lowest BCUT2D eigenvalue weighted by atomic mass is 9.83. The van der Waals surface area contributed by atoms with Gasteiger partial charge < -0.3 is 30.9 Å². The van der Waals surface area contributed by atoms with E-state index in [1.54, 1.807) is 24.1 Å². The van der Waals surface area contributed by atoms with Crippen LogP contribution in [0.15, 0.2) is 60.8 Å². The molecule has 11 heteroatoms. The van der Waals surface area contributed by atoms with Crippen LogP contribution in [0.2, 0.25) is 0 Å². The van der Waals surface area contributed by atoms with E-state index < -0.39 is 59.5 Å². The van der Waals surface area contributed by atoms with Crippen LogP contribution in [0.1, 0.15) is 65.3 Å². The zero-order valence-electron chi connectivity index (χ0n) is 27.5. The monoisotopic (exact) mass is 639 g/mol. The van der Waals surface area contributed by atoms with Crippen LogP contribution in [-0.4, -0.2) is 64.1 Å². The number of nitrogens with two attached hydrogens (primary N) is 1. The van der Waals surface area contributed by atoms with E-state index in [0.29, 0.717) is 24.2 Å². The normalized spacial score (nSPS) is 13.6. The van der Waals surface area contributed by atoms with E-state index in [-0.39, 0.29) is 24.6 Å². The van der Waals surface area contributed by atoms with E-state index in [1.165, 1.54) is 0 Å². The molecule has 3 amide bonds. The second-order valence-corrected chi connectivity index (χ2v) is 13.0. The smallest absolute Gasteiger partial charge is 0.248 e. The van der Waals surface area contributed by atoms with E-state index >= 15 is 0 Å². The van der Waals surface area contributed by atoms with Gasteiger partial charge in [0.05, 0.1) is 12.1 Å². The number of aliphatic hydroxyl groups is 1. The summed E-state index contributed by atoms with van der Waals surface area (Å²) in [5.74, 6) is -2.55. The average molecular weight is 640 g/mol. The number of carbonyl (C=O) groups excluding carboxylic acids is 3. The molecule has 0 bridgehead atoms. The number of carbonyl (C=O) groups is 3. The quantitative estimate of drug-likeness (QED) is 0.195. The summed E-state index contributed by atoms with van der Waals surface area (Å²) < 4.78 is 31.1. The molecule has 250 valence electrons. The summed E-state index contributed by atoms with van der Waals surface area (Å²) in [7, 11) is 0. The first-order valence-electron chi connectivity index (χ1n) is 15.6. The number of nitrogens with zero attached hydrogens (tertiary/aromatic N) is 2. The van der Waals surface area contributed by atoms with Crippen molar-refractivity contribution in [3.63, 3.8) is 0 Å². The fourth-order valence-corrected chi connectivity index (χ4v) is 5.39. The van der Waals surface area contributed by atoms with Gasteiger partial charge in [-0.05, 0) is 54.5 Å². The van der Waals surface area contributed by atoms with Crippen molar-refractivity contribution in [2.24, 2.45) is 17.1 Å². The molecular weight excluding hydrogens is 592 g/mol. The number of benzene rings is 2. The average Bonchev–Trinajstić information content (AvgIpc) is 3.40. The summed E-state index contributed by atoms with van der Waals surface area (Å²) in [5.41, 5.74) is 7.51. The summed E-state index contributed by atoms with van der Waals surface area (Å²) in [4.78, 5) is 39.8. The number of hydrogen-bond acceptors (Lipinski definition) is 5. The molecule has 0 aliphatic rings. The summed E-state index contributed by atoms with van der Waals surface area (Å²) in [6.07, 6.45) is 2.10. The second kappa shape index (κ2) is 16.0. The molecule has 3 aromatic rings. The molecule has 0 aliphatic heterocycles. The molecule has 5 N–H and O–H groups in total. The Hall–Kier alpha value is -4.09. The largest absolute Gasteiger partial charge is 0.387 e. The molecule has 3 rings (SSSR count). The number of amides is 3. The molecule has 0 saturated carbocycles. The maximum absolute atomic E-state index is 14.9. The first-order valence-corrected chi connectivity index (χ1v) is 15.6. The van der Waals surface area contributed by atoms with Crippen LogP contribution in [0.25, 0.3) is 11.1 Å². The van der Waals surface area contributed by atoms with E-state index in [9.17, 15) is 28.3 Å². The Labute approximate surface area is 270 Å². The minimum absolute atomic E-state index is 0.0844. The van der Waals surface area contributed by atoms with Crippen LogP contribution in [0.5, 0.6) is 0 Å². The molecule has 9 nitrogen and oxygen atoms in total. The van der Waals surface area contributed by atoms with Crippen molar-refractivity contribution in [3.05, 3.63) is 83.7 Å². The van der Waals surface area contributed by atoms with Crippen molar-refractivity contribution in [1.29, 1.82) is 0 Å². The number of hydrogen-bond donors (Lipinski definition) is 4. The number of halogens is 2. The van der Waals surface area contributed by atoms with Crippen LogP contribution < -0.4 is 16.4 Å². The van der Waals surface area contributed by atoms with Gasteiger partial charge in [-0.1, -0.05) is 65.0 Å². The Morgan fingerprint density at radius 3 is 2.28 bits per heavy atom. The third-order valence-electron chi connectivity index (χ3n) is 7.88. The summed E-state index contributed by atoms with van der Waals surface area (Å²) in [5, 5.41) is 15.4. The van der Waals surface area contributed by atoms with Gasteiger partial charge in [0.1, 0.15) is 24.3 Å². The maximum atomic E-state index is 14.9. The van der Waals surface area contributed by atoms with E-state index in [4.69, 9.17) is 5.73 Å². The Balaban J connectivity index is 1.90. The van der Waals surface area contributed by atoms with Gasteiger partial charge in [0.25, 0.3) is 0 Å². The van der Waals surface area contributed by atoms with Crippen molar-refractivity contribution in [3.8, 4) is 11.1 Å². The Morgan fingerprint density at radius 2 is 1.67 bits per heavy atom. The molecule has 1 aromatic heterocycles. The second-order valence-electron chi connectivity index (χ2n) is 13.0. The van der Waals surface area contributed by atoms with Crippen molar-refractivity contribution >= 4 is 17.7 Å². The zero-order chi connectivity index (χ0) is 34.2. The lowest BCUT2D eigenvalue weighted by Crippen LogP contribution is -2.52. The van der Waals surface area contributed by atoms with Crippen molar-refractivity contribution in [2.45, 2.75) is 72.6 Å². The summed E-state index contributed by atoms with van der Waals surface area (Å²) >= 11 is 0. The molecule has 0 saturated heterocycles. The lowest BCUT2D eigenvalue weighted by Gasteiger charge is -2.41. The van der Waals surface area contributed by atoms with Gasteiger partial charge in [-0.15, -0.1) is 0 Å². The molecule has 0 spiro atoms. The Morgan fingerprint density at radius 1 is 1.00 bits per heavy atom. The molecule has 3 atom stereocenters. The summed E-state index contributed by atoms with van der Waals surface area (Å²) in [6, 6.07) is 12.6. The molecule has 3 unspecified atom stereocenters. The highest BCUT2D eigenvalue weighted by molar-refractivity contribution is 5.89. The summed E-state index contributed by atoms with van der Waals surface area (Å²) in [6.45, 7) is 11.1. The van der Waals surface area contributed by atoms with E-state index in [2.05, 4.69) is 10.6 Å². The van der Waals surface area contributed by atoms with Gasteiger partial charge in [-0.2, -0.15) is 0 Å². The van der Waals surface area contributed by atoms with Crippen LogP contribution in [-0.2, 0) is 20.9 Å². The zero-order valence-corrected chi connectivity index (χ0v) is 27.5. The standard InChI is InChI=1S/C35H47F2N5O4/c1-22(2)31(38)34(46)40-23(3)33(45)39-15-10-16-42(30(44)21-43)32(35(4,5)6)29-17-25(27-18-26(36)13-14-28(27)37)20-41(29)19-24-11-8-7-9-12-24/h7-9,11-14,17-18,20,22-23,31-32,43H,10,15-16,19,21,38H2,1-6H3,(H,39,45)(H,40,46). The van der Waals surface area contributed by atoms with E-state index in [1.807, 2.05) is 69.5 Å². The molecule has 1 heterocycles. The highest BCUT2D eigenvalue weighted by Crippen LogP contribution is 2.41. The Kier molecular flexibility index (Phi) is 12.6.